The maximum atomic E-state index is 12.2. The van der Waals surface area contributed by atoms with Gasteiger partial charge in [0.25, 0.3) is 11.8 Å². The van der Waals surface area contributed by atoms with Crippen molar-refractivity contribution in [1.29, 1.82) is 0 Å². The molecule has 1 aliphatic rings. The number of imide groups is 1. The molecular weight excluding hydrogens is 269 g/mol. The molecule has 1 heterocycles. The van der Waals surface area contributed by atoms with E-state index in [4.69, 9.17) is 4.89 Å². The molecule has 0 saturated heterocycles. The molecule has 1 atom stereocenters. The summed E-state index contributed by atoms with van der Waals surface area (Å²) in [7, 11) is -3.10. The molecule has 102 valence electrons. The zero-order valence-electron chi connectivity index (χ0n) is 10.5. The first-order valence-corrected chi connectivity index (χ1v) is 6.94. The molecular formula is C12H14NO5P. The van der Waals surface area contributed by atoms with Crippen molar-refractivity contribution in [2.24, 2.45) is 0 Å². The maximum absolute atomic E-state index is 12.2. The molecule has 6 nitrogen and oxygen atoms in total. The van der Waals surface area contributed by atoms with E-state index in [1.165, 1.54) is 0 Å². The van der Waals surface area contributed by atoms with Crippen molar-refractivity contribution in [3.8, 4) is 0 Å². The molecule has 1 aromatic rings. The van der Waals surface area contributed by atoms with E-state index in [-0.39, 0.29) is 6.61 Å². The average Bonchev–Trinajstić information content (AvgIpc) is 2.61. The first kappa shape index (κ1) is 13.9. The van der Waals surface area contributed by atoms with E-state index in [1.54, 1.807) is 38.1 Å². The quantitative estimate of drug-likeness (QED) is 0.668. The molecule has 0 aliphatic carbocycles. The molecule has 0 fully saturated rings. The van der Waals surface area contributed by atoms with Crippen LogP contribution in [0.2, 0.25) is 0 Å². The molecule has 0 bridgehead atoms. The van der Waals surface area contributed by atoms with Gasteiger partial charge in [0.1, 0.15) is 0 Å². The minimum absolute atomic E-state index is 0.188. The van der Waals surface area contributed by atoms with Crippen LogP contribution in [0.15, 0.2) is 24.3 Å². The van der Waals surface area contributed by atoms with Gasteiger partial charge in [-0.05, 0) is 26.0 Å². The van der Waals surface area contributed by atoms with Crippen LogP contribution in [-0.2, 0) is 9.09 Å². The summed E-state index contributed by atoms with van der Waals surface area (Å²) in [6.07, 6.45) is 0. The molecule has 1 N–H and O–H groups in total. The summed E-state index contributed by atoms with van der Waals surface area (Å²) in [5.74, 6) is -0.821. The summed E-state index contributed by atoms with van der Waals surface area (Å²) in [5, 5.41) is 0. The minimum atomic E-state index is -3.10. The minimum Gasteiger partial charge on any atom is -0.326 e. The Labute approximate surface area is 110 Å². The Morgan fingerprint density at radius 2 is 1.68 bits per heavy atom. The van der Waals surface area contributed by atoms with Crippen LogP contribution in [-0.4, -0.2) is 33.8 Å². The van der Waals surface area contributed by atoms with Crippen molar-refractivity contribution in [2.45, 2.75) is 19.4 Å². The van der Waals surface area contributed by atoms with E-state index in [0.717, 1.165) is 4.90 Å². The number of fused-ring (bicyclic) bond motifs is 1. The highest BCUT2D eigenvalue weighted by Crippen LogP contribution is 2.31. The predicted molar refractivity (Wildman–Crippen MR) is 68.2 cm³/mol. The summed E-state index contributed by atoms with van der Waals surface area (Å²) in [5.41, 5.74) is -0.301. The molecule has 0 spiro atoms. The van der Waals surface area contributed by atoms with Gasteiger partial charge >= 0.3 is 8.25 Å². The second-order valence-corrected chi connectivity index (χ2v) is 5.68. The number of carbonyl (C=O) groups is 2. The summed E-state index contributed by atoms with van der Waals surface area (Å²) in [6.45, 7) is 3.03. The SMILES string of the molecule is CC(C)(CO[PH](=O)O)N1C(=O)c2ccccc2C1=O. The zero-order valence-corrected chi connectivity index (χ0v) is 11.5. The monoisotopic (exact) mass is 283 g/mol. The molecule has 0 aromatic heterocycles. The third-order valence-corrected chi connectivity index (χ3v) is 3.34. The van der Waals surface area contributed by atoms with E-state index < -0.39 is 25.6 Å². The predicted octanol–water partition coefficient (Wildman–Crippen LogP) is 1.46. The molecule has 1 aromatic carbocycles. The molecule has 7 heteroatoms. The van der Waals surface area contributed by atoms with Gasteiger partial charge in [0.05, 0.1) is 23.3 Å². The number of benzene rings is 1. The van der Waals surface area contributed by atoms with Gasteiger partial charge in [-0.3, -0.25) is 19.1 Å². The first-order valence-electron chi connectivity index (χ1n) is 5.68. The van der Waals surface area contributed by atoms with Crippen LogP contribution in [0.25, 0.3) is 0 Å². The third-order valence-electron chi connectivity index (χ3n) is 2.95. The standard InChI is InChI=1S/C12H14NO5P/c1-12(2,7-18-19(16)17)13-10(14)8-5-3-4-6-9(8)11(13)15/h3-6,19H,7H2,1-2H3,(H,16,17). The summed E-state index contributed by atoms with van der Waals surface area (Å²) >= 11 is 0. The van der Waals surface area contributed by atoms with Gasteiger partial charge in [-0.25, -0.2) is 0 Å². The topological polar surface area (TPSA) is 83.9 Å². The summed E-state index contributed by atoms with van der Waals surface area (Å²) < 4.78 is 15.3. The lowest BCUT2D eigenvalue weighted by molar-refractivity contribution is 0.0378. The number of carbonyl (C=O) groups excluding carboxylic acids is 2. The van der Waals surface area contributed by atoms with Gasteiger partial charge in [-0.1, -0.05) is 12.1 Å². The average molecular weight is 283 g/mol. The largest absolute Gasteiger partial charge is 0.326 e. The van der Waals surface area contributed by atoms with Crippen molar-refractivity contribution in [3.05, 3.63) is 35.4 Å². The lowest BCUT2D eigenvalue weighted by atomic mass is 10.0. The number of hydrogen-bond donors (Lipinski definition) is 1. The number of nitrogens with zero attached hydrogens (tertiary/aromatic N) is 1. The summed E-state index contributed by atoms with van der Waals surface area (Å²) in [6, 6.07) is 6.54. The van der Waals surface area contributed by atoms with E-state index in [1.807, 2.05) is 0 Å². The second-order valence-electron chi connectivity index (χ2n) is 4.86. The number of amides is 2. The fourth-order valence-corrected chi connectivity index (χ4v) is 2.52. The van der Waals surface area contributed by atoms with Crippen molar-refractivity contribution < 1.29 is 23.6 Å². The van der Waals surface area contributed by atoms with Crippen LogP contribution in [0.1, 0.15) is 34.6 Å². The number of rotatable bonds is 4. The normalized spacial score (nSPS) is 16.7. The van der Waals surface area contributed by atoms with Crippen molar-refractivity contribution in [2.75, 3.05) is 6.61 Å². The van der Waals surface area contributed by atoms with Crippen molar-refractivity contribution >= 4 is 20.1 Å². The molecule has 2 amide bonds. The summed E-state index contributed by atoms with van der Waals surface area (Å²) in [4.78, 5) is 34.2. The van der Waals surface area contributed by atoms with Crippen LogP contribution in [0, 0.1) is 0 Å². The zero-order chi connectivity index (χ0) is 14.2. The van der Waals surface area contributed by atoms with Crippen molar-refractivity contribution in [3.63, 3.8) is 0 Å². The Morgan fingerprint density at radius 1 is 1.21 bits per heavy atom. The van der Waals surface area contributed by atoms with Crippen LogP contribution >= 0.6 is 8.25 Å². The lowest BCUT2D eigenvalue weighted by Crippen LogP contribution is -2.50. The fraction of sp³-hybridized carbons (Fsp3) is 0.333. The molecule has 19 heavy (non-hydrogen) atoms. The second kappa shape index (κ2) is 4.89. The molecule has 1 aliphatic heterocycles. The van der Waals surface area contributed by atoms with Gasteiger partial charge in [0.15, 0.2) is 0 Å². The fourth-order valence-electron chi connectivity index (χ4n) is 2.04. The Hall–Kier alpha value is -1.49. The van der Waals surface area contributed by atoms with Gasteiger partial charge in [-0.2, -0.15) is 0 Å². The molecule has 2 rings (SSSR count). The highest BCUT2D eigenvalue weighted by molar-refractivity contribution is 7.32. The van der Waals surface area contributed by atoms with Crippen LogP contribution in [0.5, 0.6) is 0 Å². The third kappa shape index (κ3) is 2.47. The maximum Gasteiger partial charge on any atom is 0.316 e. The smallest absolute Gasteiger partial charge is 0.316 e. The van der Waals surface area contributed by atoms with Crippen molar-refractivity contribution in [1.82, 2.24) is 4.90 Å². The van der Waals surface area contributed by atoms with Gasteiger partial charge < -0.3 is 9.42 Å². The Morgan fingerprint density at radius 3 is 2.11 bits per heavy atom. The van der Waals surface area contributed by atoms with Gasteiger partial charge in [0.2, 0.25) is 0 Å². The van der Waals surface area contributed by atoms with Crippen LogP contribution in [0.3, 0.4) is 0 Å². The van der Waals surface area contributed by atoms with Crippen LogP contribution in [0.4, 0.5) is 0 Å². The first-order chi connectivity index (χ1) is 8.84. The van der Waals surface area contributed by atoms with Gasteiger partial charge in [0, 0.05) is 0 Å². The molecule has 1 unspecified atom stereocenters. The molecule has 0 saturated carbocycles. The Bertz CT molecular complexity index is 534. The lowest BCUT2D eigenvalue weighted by Gasteiger charge is -2.32. The van der Waals surface area contributed by atoms with E-state index in [0.29, 0.717) is 11.1 Å². The Balaban J connectivity index is 2.31. The number of hydrogen-bond acceptors (Lipinski definition) is 4. The van der Waals surface area contributed by atoms with E-state index in [2.05, 4.69) is 4.52 Å². The van der Waals surface area contributed by atoms with E-state index >= 15 is 0 Å². The Kier molecular flexibility index (Phi) is 3.58. The van der Waals surface area contributed by atoms with E-state index in [9.17, 15) is 14.2 Å². The van der Waals surface area contributed by atoms with Gasteiger partial charge in [-0.15, -0.1) is 0 Å². The highest BCUT2D eigenvalue weighted by Gasteiger charge is 2.44. The highest BCUT2D eigenvalue weighted by atomic mass is 31.1. The molecule has 0 radical (unpaired) electrons. The van der Waals surface area contributed by atoms with Crippen LogP contribution < -0.4 is 0 Å².